The molecule has 2 aromatic carbocycles. The highest BCUT2D eigenvalue weighted by atomic mass is 16.5. The van der Waals surface area contributed by atoms with Crippen molar-refractivity contribution < 1.29 is 14.3 Å². The van der Waals surface area contributed by atoms with Crippen molar-refractivity contribution in [3.05, 3.63) is 53.6 Å². The Bertz CT molecular complexity index is 1010. The van der Waals surface area contributed by atoms with Crippen LogP contribution in [0.5, 0.6) is 0 Å². The standard InChI is InChI=1S/C27H37N5O3/c1-20-5-2-3-6-24(20)31-13-15-32(16-14-31)25-8-7-22(19-23(25)28)27(34)30-12-4-11-29-26(33)21-9-17-35-18-10-21/h2-3,5-8,19,21H,4,9-18,28H2,1H3,(H,29,33)(H,30,34). The molecular formula is C27H37N5O3. The van der Waals surface area contributed by atoms with Gasteiger partial charge in [-0.25, -0.2) is 0 Å². The van der Waals surface area contributed by atoms with Gasteiger partial charge in [-0.1, -0.05) is 18.2 Å². The summed E-state index contributed by atoms with van der Waals surface area (Å²) in [5.41, 5.74) is 11.1. The Morgan fingerprint density at radius 1 is 0.943 bits per heavy atom. The second kappa shape index (κ2) is 11.9. The maximum absolute atomic E-state index is 12.6. The lowest BCUT2D eigenvalue weighted by Crippen LogP contribution is -2.47. The minimum atomic E-state index is -0.150. The normalized spacial score (nSPS) is 16.7. The zero-order valence-electron chi connectivity index (χ0n) is 20.6. The molecule has 0 bridgehead atoms. The molecule has 4 rings (SSSR count). The number of carbonyl (C=O) groups excluding carboxylic acids is 2. The molecule has 0 aromatic heterocycles. The van der Waals surface area contributed by atoms with Crippen LogP contribution in [0.2, 0.25) is 0 Å². The summed E-state index contributed by atoms with van der Waals surface area (Å²) in [6.07, 6.45) is 2.24. The number of benzene rings is 2. The predicted molar refractivity (Wildman–Crippen MR) is 140 cm³/mol. The molecule has 2 heterocycles. The van der Waals surface area contributed by atoms with E-state index in [1.165, 1.54) is 11.3 Å². The molecule has 4 N–H and O–H groups in total. The van der Waals surface area contributed by atoms with E-state index in [9.17, 15) is 9.59 Å². The Morgan fingerprint density at radius 3 is 2.29 bits per heavy atom. The fourth-order valence-electron chi connectivity index (χ4n) is 4.80. The van der Waals surface area contributed by atoms with Crippen LogP contribution in [-0.4, -0.2) is 64.3 Å². The van der Waals surface area contributed by atoms with Crippen LogP contribution in [0.25, 0.3) is 0 Å². The lowest BCUT2D eigenvalue weighted by Gasteiger charge is -2.38. The van der Waals surface area contributed by atoms with E-state index in [2.05, 4.69) is 51.6 Å². The summed E-state index contributed by atoms with van der Waals surface area (Å²) in [6.45, 7) is 8.11. The number of nitrogen functional groups attached to an aromatic ring is 1. The van der Waals surface area contributed by atoms with Gasteiger partial charge in [0.15, 0.2) is 0 Å². The molecular weight excluding hydrogens is 442 g/mol. The van der Waals surface area contributed by atoms with Gasteiger partial charge in [0.1, 0.15) is 0 Å². The molecule has 8 nitrogen and oxygen atoms in total. The van der Waals surface area contributed by atoms with Crippen LogP contribution in [0.1, 0.15) is 35.2 Å². The third-order valence-corrected chi connectivity index (χ3v) is 6.90. The van der Waals surface area contributed by atoms with E-state index in [0.717, 1.165) is 44.7 Å². The summed E-state index contributed by atoms with van der Waals surface area (Å²) in [6, 6.07) is 14.0. The van der Waals surface area contributed by atoms with Crippen molar-refractivity contribution in [3.63, 3.8) is 0 Å². The Labute approximate surface area is 207 Å². The zero-order valence-corrected chi connectivity index (χ0v) is 20.6. The molecule has 188 valence electrons. The van der Waals surface area contributed by atoms with E-state index in [0.29, 0.717) is 44.0 Å². The van der Waals surface area contributed by atoms with E-state index in [1.54, 1.807) is 6.07 Å². The van der Waals surface area contributed by atoms with Crippen molar-refractivity contribution in [3.8, 4) is 0 Å². The van der Waals surface area contributed by atoms with Gasteiger partial charge in [0.25, 0.3) is 5.91 Å². The van der Waals surface area contributed by atoms with Gasteiger partial charge < -0.3 is 30.9 Å². The molecule has 0 spiro atoms. The van der Waals surface area contributed by atoms with Crippen LogP contribution < -0.4 is 26.2 Å². The molecule has 35 heavy (non-hydrogen) atoms. The van der Waals surface area contributed by atoms with E-state index in [-0.39, 0.29) is 17.7 Å². The summed E-state index contributed by atoms with van der Waals surface area (Å²) >= 11 is 0. The second-order valence-electron chi connectivity index (χ2n) is 9.32. The van der Waals surface area contributed by atoms with E-state index >= 15 is 0 Å². The number of hydrogen-bond donors (Lipinski definition) is 3. The monoisotopic (exact) mass is 479 g/mol. The fraction of sp³-hybridized carbons (Fsp3) is 0.481. The first-order valence-corrected chi connectivity index (χ1v) is 12.6. The molecule has 2 aromatic rings. The van der Waals surface area contributed by atoms with Crippen molar-refractivity contribution in [2.24, 2.45) is 5.92 Å². The number of nitrogens with two attached hydrogens (primary N) is 1. The number of rotatable bonds is 8. The van der Waals surface area contributed by atoms with Crippen molar-refractivity contribution in [1.82, 2.24) is 10.6 Å². The topological polar surface area (TPSA) is 99.9 Å². The summed E-state index contributed by atoms with van der Waals surface area (Å²) in [5, 5.41) is 5.88. The first-order chi connectivity index (χ1) is 17.0. The number of nitrogens with one attached hydrogen (secondary N) is 2. The van der Waals surface area contributed by atoms with Gasteiger partial charge in [0.2, 0.25) is 5.91 Å². The van der Waals surface area contributed by atoms with Gasteiger partial charge in [-0.2, -0.15) is 0 Å². The Morgan fingerprint density at radius 2 is 1.60 bits per heavy atom. The fourth-order valence-corrected chi connectivity index (χ4v) is 4.80. The van der Waals surface area contributed by atoms with E-state index in [1.807, 2.05) is 12.1 Å². The number of carbonyl (C=O) groups is 2. The smallest absolute Gasteiger partial charge is 0.251 e. The molecule has 8 heteroatoms. The Kier molecular flexibility index (Phi) is 8.47. The molecule has 2 amide bonds. The number of nitrogens with zero attached hydrogens (tertiary/aromatic N) is 2. The quantitative estimate of drug-likeness (QED) is 0.398. The molecule has 0 atom stereocenters. The number of hydrogen-bond acceptors (Lipinski definition) is 6. The lowest BCUT2D eigenvalue weighted by molar-refractivity contribution is -0.127. The van der Waals surface area contributed by atoms with E-state index in [4.69, 9.17) is 10.5 Å². The molecule has 2 fully saturated rings. The number of amides is 2. The average molecular weight is 480 g/mol. The molecule has 0 aliphatic carbocycles. The van der Waals surface area contributed by atoms with Gasteiger partial charge in [0.05, 0.1) is 11.4 Å². The van der Waals surface area contributed by atoms with Crippen LogP contribution in [-0.2, 0) is 9.53 Å². The number of piperazine rings is 1. The highest BCUT2D eigenvalue weighted by molar-refractivity contribution is 5.96. The number of anilines is 3. The summed E-state index contributed by atoms with van der Waals surface area (Å²) < 4.78 is 5.30. The molecule has 0 radical (unpaired) electrons. The maximum atomic E-state index is 12.6. The Balaban J connectivity index is 1.21. The molecule has 2 aliphatic rings. The number of para-hydroxylation sites is 1. The minimum Gasteiger partial charge on any atom is -0.397 e. The third kappa shape index (κ3) is 6.45. The van der Waals surface area contributed by atoms with E-state index < -0.39 is 0 Å². The summed E-state index contributed by atoms with van der Waals surface area (Å²) in [5.74, 6) is -0.0173. The van der Waals surface area contributed by atoms with Crippen LogP contribution in [0.3, 0.4) is 0 Å². The van der Waals surface area contributed by atoms with Crippen LogP contribution in [0.4, 0.5) is 17.1 Å². The highest BCUT2D eigenvalue weighted by Crippen LogP contribution is 2.27. The first-order valence-electron chi connectivity index (χ1n) is 12.6. The Hall–Kier alpha value is -3.26. The lowest BCUT2D eigenvalue weighted by atomic mass is 9.99. The van der Waals surface area contributed by atoms with Crippen molar-refractivity contribution in [1.29, 1.82) is 0 Å². The van der Waals surface area contributed by atoms with Gasteiger partial charge in [-0.3, -0.25) is 9.59 Å². The number of aryl methyl sites for hydroxylation is 1. The summed E-state index contributed by atoms with van der Waals surface area (Å²) in [7, 11) is 0. The highest BCUT2D eigenvalue weighted by Gasteiger charge is 2.22. The molecule has 2 saturated heterocycles. The van der Waals surface area contributed by atoms with Crippen molar-refractivity contribution in [2.75, 3.05) is 68.0 Å². The molecule has 2 aliphatic heterocycles. The SMILES string of the molecule is Cc1ccccc1N1CCN(c2ccc(C(=O)NCCCNC(=O)C3CCOCC3)cc2N)CC1. The maximum Gasteiger partial charge on any atom is 0.251 e. The predicted octanol–water partition coefficient (Wildman–Crippen LogP) is 2.57. The molecule has 0 saturated carbocycles. The zero-order chi connectivity index (χ0) is 24.6. The van der Waals surface area contributed by atoms with Gasteiger partial charge >= 0.3 is 0 Å². The molecule has 0 unspecified atom stereocenters. The van der Waals surface area contributed by atoms with Crippen LogP contribution >= 0.6 is 0 Å². The minimum absolute atomic E-state index is 0.0465. The van der Waals surface area contributed by atoms with Crippen LogP contribution in [0, 0.1) is 12.8 Å². The van der Waals surface area contributed by atoms with Crippen molar-refractivity contribution in [2.45, 2.75) is 26.2 Å². The van der Waals surface area contributed by atoms with Gasteiger partial charge in [-0.15, -0.1) is 0 Å². The first kappa shape index (κ1) is 24.9. The third-order valence-electron chi connectivity index (χ3n) is 6.90. The average Bonchev–Trinajstić information content (AvgIpc) is 2.89. The second-order valence-corrected chi connectivity index (χ2v) is 9.32. The number of ether oxygens (including phenoxy) is 1. The summed E-state index contributed by atoms with van der Waals surface area (Å²) in [4.78, 5) is 29.4. The van der Waals surface area contributed by atoms with Crippen molar-refractivity contribution >= 4 is 28.9 Å². The van der Waals surface area contributed by atoms with Gasteiger partial charge in [-0.05, 0) is 56.0 Å². The van der Waals surface area contributed by atoms with Crippen LogP contribution in [0.15, 0.2) is 42.5 Å². The van der Waals surface area contributed by atoms with Gasteiger partial charge in [0, 0.05) is 69.7 Å². The largest absolute Gasteiger partial charge is 0.397 e.